The van der Waals surface area contributed by atoms with Gasteiger partial charge >= 0.3 is 638 Å². The van der Waals surface area contributed by atoms with Crippen LogP contribution in [0.15, 0.2) is 301 Å². The number of hydrogen-bond acceptors (Lipinski definition) is 10. The summed E-state index contributed by atoms with van der Waals surface area (Å²) in [4.78, 5) is 76.0. The Morgan fingerprint density at radius 1 is 0.443 bits per heavy atom. The molecule has 5 aliphatic heterocycles. The molecule has 22 rings (SSSR count). The molecule has 10 nitrogen and oxygen atoms in total. The number of halogens is 3. The third-order valence-electron chi connectivity index (χ3n) is 22.7. The number of Topliss-reactive ketones (excluding diaryl/α,β-unsaturated/α-hetero) is 2. The molecule has 1 N–H and O–H groups in total. The van der Waals surface area contributed by atoms with Gasteiger partial charge in [0.1, 0.15) is 0 Å². The molecule has 2 aliphatic carbocycles. The van der Waals surface area contributed by atoms with E-state index in [4.69, 9.17) is 29.7 Å². The van der Waals surface area contributed by atoms with E-state index >= 15 is 0 Å². The second-order valence-corrected chi connectivity index (χ2v) is 47.2. The van der Waals surface area contributed by atoms with Crippen molar-refractivity contribution in [3.63, 3.8) is 0 Å². The molecule has 0 unspecified atom stereocenters. The van der Waals surface area contributed by atoms with Crippen LogP contribution in [0, 0.1) is 6.08 Å². The van der Waals surface area contributed by atoms with Gasteiger partial charge in [0.2, 0.25) is 0 Å². The molecule has 0 atom stereocenters. The number of ether oxygens (including phenoxy) is 1. The van der Waals surface area contributed by atoms with Crippen LogP contribution in [-0.2, 0) is 32.8 Å². The fraction of sp³-hybridized carbons (Fsp3) is 0.155. The first kappa shape index (κ1) is 86.7. The summed E-state index contributed by atoms with van der Waals surface area (Å²) >= 11 is 13.2. The van der Waals surface area contributed by atoms with Gasteiger partial charge in [0.15, 0.2) is 0 Å². The minimum absolute atomic E-state index is 0.0440. The van der Waals surface area contributed by atoms with Crippen LogP contribution in [0.4, 0.5) is 47.8 Å². The van der Waals surface area contributed by atoms with Crippen LogP contribution in [0.2, 0.25) is 0 Å². The molecule has 7 aliphatic rings. The van der Waals surface area contributed by atoms with Crippen molar-refractivity contribution in [2.75, 3.05) is 26.6 Å². The Balaban J connectivity index is 0.000000119. The number of carbonyl (C=O) groups excluding carboxylic acids is 5. The summed E-state index contributed by atoms with van der Waals surface area (Å²) in [7, 11) is 0. The van der Waals surface area contributed by atoms with E-state index in [2.05, 4.69) is 348 Å². The molecule has 610 valence electrons. The monoisotopic (exact) mass is 2150 g/mol. The quantitative estimate of drug-likeness (QED) is 0.0205. The van der Waals surface area contributed by atoms with Gasteiger partial charge in [-0.1, -0.05) is 62.4 Å². The predicted molar refractivity (Wildman–Crippen MR) is 517 cm³/mol. The van der Waals surface area contributed by atoms with E-state index in [0.29, 0.717) is 61.7 Å². The van der Waals surface area contributed by atoms with E-state index in [1.165, 1.54) is 106 Å². The Morgan fingerprint density at radius 3 is 1.16 bits per heavy atom. The number of cyclic esters (lactones) is 2. The maximum atomic E-state index is 13.2. The first-order valence-corrected chi connectivity index (χ1v) is 52.6. The summed E-state index contributed by atoms with van der Waals surface area (Å²) in [6.07, 6.45) is 7.41. The first-order chi connectivity index (χ1) is 59.3. The Morgan fingerprint density at radius 2 is 0.787 bits per heavy atom. The van der Waals surface area contributed by atoms with Gasteiger partial charge in [-0.25, -0.2) is 0 Å². The number of hydrogen-bond donors (Lipinski definition) is 1. The summed E-state index contributed by atoms with van der Waals surface area (Å²) < 4.78 is 21.0. The van der Waals surface area contributed by atoms with Crippen molar-refractivity contribution in [3.05, 3.63) is 394 Å². The molecule has 0 spiro atoms. The molecule has 15 aromatic rings. The van der Waals surface area contributed by atoms with Gasteiger partial charge in [0, 0.05) is 12.0 Å². The Kier molecular flexibility index (Phi) is 27.0. The number of para-hydroxylation sites is 6. The fourth-order valence-electron chi connectivity index (χ4n) is 16.9. The number of rotatable bonds is 5. The number of benzene rings is 10. The predicted octanol–water partition coefficient (Wildman–Crippen LogP) is 23.9. The molecular formula is C103H85Cl2IN3O7Se6+. The third kappa shape index (κ3) is 17.6. The second kappa shape index (κ2) is 37.9. The number of aliphatic hydroxyl groups is 1. The fourth-order valence-corrected chi connectivity index (χ4v) is 27.4. The molecule has 5 aromatic heterocycles. The van der Waals surface area contributed by atoms with Gasteiger partial charge in [0.05, 0.1) is 5.34 Å². The zero-order valence-corrected chi connectivity index (χ0v) is 82.3. The average Bonchev–Trinajstić information content (AvgIpc) is 1.70. The molecule has 0 amide bonds. The molecule has 122 heavy (non-hydrogen) atoms. The van der Waals surface area contributed by atoms with Crippen LogP contribution in [0.25, 0.3) is 25.4 Å². The number of ketones is 2. The van der Waals surface area contributed by atoms with Crippen LogP contribution in [0.3, 0.4) is 0 Å². The normalized spacial score (nSPS) is 15.5. The third-order valence-corrected chi connectivity index (χ3v) is 35.2. The number of anilines is 9. The average molecular weight is 2150 g/mol. The van der Waals surface area contributed by atoms with E-state index in [1.54, 1.807) is 25.1 Å². The van der Waals surface area contributed by atoms with Crippen molar-refractivity contribution in [1.29, 1.82) is 0 Å². The molecule has 0 saturated carbocycles. The minimum atomic E-state index is -0.569. The van der Waals surface area contributed by atoms with Crippen molar-refractivity contribution < 1.29 is 35.2 Å². The van der Waals surface area contributed by atoms with Gasteiger partial charge in [0.25, 0.3) is 0 Å². The van der Waals surface area contributed by atoms with Crippen molar-refractivity contribution in [3.8, 4) is 0 Å². The number of aliphatic hydroxyl groups excluding tert-OH is 1. The Labute approximate surface area is 774 Å². The zero-order valence-electron chi connectivity index (χ0n) is 69.3. The number of alkyl halides is 2. The number of allylic oxidation sites excluding steroid dienone is 3. The zero-order chi connectivity index (χ0) is 86.7. The molecule has 0 saturated heterocycles. The molecule has 0 fully saturated rings. The van der Waals surface area contributed by atoms with Crippen molar-refractivity contribution in [2.24, 2.45) is 0 Å². The summed E-state index contributed by atoms with van der Waals surface area (Å²) in [5, 5.41) is 9.88. The molecule has 10 aromatic carbocycles. The van der Waals surface area contributed by atoms with Crippen molar-refractivity contribution >= 4 is 236 Å². The number of aldehydes is 1. The molecule has 0 radical (unpaired) electrons. The SMILES string of the molecule is CC1(C)c2ccccc2Cc2ccccc21.CC1(C)c2ccccc2N(c2ccc(/C=C3\C(=O)c4cc5cc[se]c5cc4C3=O)[se]2)c2ccccc21.CC1(C)c2ccccc2N(c2ccc[se]2)c2ccccc21.CCO.ClCCl.IC1=[C+]C=C[Se]1.O=C1OC(=O)c2cc3[se]ccc3cc21.[2H]C(=O)c1ccc(N2c3ccccc3C(C)(C)c3ccccc32)[se]1. The second-order valence-electron chi connectivity index (χ2n) is 31.3. The molecule has 10 heterocycles. The Bertz CT molecular complexity index is 6350. The van der Waals surface area contributed by atoms with E-state index in [0.717, 1.165) is 30.5 Å². The topological polar surface area (TPSA) is 125 Å². The first-order valence-electron chi connectivity index (χ1n) is 40.1. The van der Waals surface area contributed by atoms with Crippen LogP contribution in [0.1, 0.15) is 174 Å². The van der Waals surface area contributed by atoms with Gasteiger partial charge in [-0.05, 0) is 35.6 Å². The standard InChI is InChI=1S/C31H21NO2Se2.C20H17NOSe.C19H17NSe.C16H16.C10H4O3Se.C4H2ISe.C2H6O.CH2Cl2/c1-31(2)23-7-3-5-9-25(23)32(26-10-6-4-8-24(26)31)28-12-11-19(36-28)16-22-29(33)20-15-18-13-14-35-27(18)17-21(20)30(22)34;1-20(2)15-7-3-5-9-17(15)21(18-10-6-4-8-16(18)20)19-12-11-14(13-22)23-19;1-19(2)14-8-3-5-10-16(14)20(18-12-7-13-21-18)17-11-6-4-9-15(17)19;1-16(2)14-9-5-3-7-12(14)11-13-8-4-6-10-15(13)16;11-9-6-3-5-1-2-14-8(5)4-7(6)10(12)13-9;5-4-2-1-3-6-4;1-2-3;2-1-3/h3-17H,1-2H3;3-13H,1-2H3;3-13H,1-2H3;3-10H,11H2,1-2H3;1-4H;1,3H;3H,2H2,1H3;1H2/q;;;;;+1;;/b22-16+;;;;;;;/i;13D;;;;;;. The van der Waals surface area contributed by atoms with Crippen LogP contribution >= 0.6 is 45.8 Å². The summed E-state index contributed by atoms with van der Waals surface area (Å²) in [5.41, 5.74) is 23.5. The molecule has 0 bridgehead atoms. The maximum absolute atomic E-state index is 13.2. The van der Waals surface area contributed by atoms with E-state index in [1.807, 2.05) is 36.4 Å². The number of carbonyl (C=O) groups is 5. The van der Waals surface area contributed by atoms with Crippen molar-refractivity contribution in [1.82, 2.24) is 0 Å². The van der Waals surface area contributed by atoms with Crippen LogP contribution in [-0.4, -0.2) is 134 Å². The van der Waals surface area contributed by atoms with Crippen molar-refractivity contribution in [2.45, 2.75) is 90.4 Å². The van der Waals surface area contributed by atoms with E-state index < -0.39 is 18.2 Å². The number of esters is 2. The van der Waals surface area contributed by atoms with E-state index in [-0.39, 0.29) is 103 Å². The van der Waals surface area contributed by atoms with Gasteiger partial charge < -0.3 is 5.11 Å². The summed E-state index contributed by atoms with van der Waals surface area (Å²) in [6, 6.07) is 93.3. The number of nitrogens with zero attached hydrogens (tertiary/aromatic N) is 3. The summed E-state index contributed by atoms with van der Waals surface area (Å²) in [5.74, 6) is -1.33. The van der Waals surface area contributed by atoms with Crippen LogP contribution < -0.4 is 14.7 Å². The van der Waals surface area contributed by atoms with E-state index in [9.17, 15) is 24.0 Å². The molecule has 19 heteroatoms. The van der Waals surface area contributed by atoms with Crippen LogP contribution in [0.5, 0.6) is 0 Å². The van der Waals surface area contributed by atoms with Gasteiger partial charge in [-0.15, -0.1) is 23.2 Å². The Hall–Kier alpha value is -8.81. The summed E-state index contributed by atoms with van der Waals surface area (Å²) in [6.45, 7) is 20.3. The van der Waals surface area contributed by atoms with Gasteiger partial charge in [-0.2, -0.15) is 0 Å². The molecular weight excluding hydrogens is 2060 g/mol. The number of fused-ring (bicyclic) bond motifs is 12. The van der Waals surface area contributed by atoms with Gasteiger partial charge in [-0.3, -0.25) is 0 Å².